The standard InChI is InChI=1S/C15H19F3O/c16-15(17,18)13-7-5-12(6-8-13)11-14(19)9-3-1-2-4-10-14/h5-8,19H,1-4,9-11H2. The number of aliphatic hydroxyl groups is 1. The van der Waals surface area contributed by atoms with E-state index in [1.807, 2.05) is 0 Å². The highest BCUT2D eigenvalue weighted by molar-refractivity contribution is 5.25. The van der Waals surface area contributed by atoms with Crippen LogP contribution in [0.4, 0.5) is 13.2 Å². The summed E-state index contributed by atoms with van der Waals surface area (Å²) in [6.07, 6.45) is 1.91. The van der Waals surface area contributed by atoms with Crippen molar-refractivity contribution < 1.29 is 18.3 Å². The summed E-state index contributed by atoms with van der Waals surface area (Å²) in [5.74, 6) is 0. The Morgan fingerprint density at radius 1 is 0.947 bits per heavy atom. The molecule has 0 aliphatic heterocycles. The van der Waals surface area contributed by atoms with E-state index in [0.717, 1.165) is 56.2 Å². The molecule has 0 unspecified atom stereocenters. The van der Waals surface area contributed by atoms with Crippen molar-refractivity contribution in [3.8, 4) is 0 Å². The van der Waals surface area contributed by atoms with Gasteiger partial charge < -0.3 is 5.11 Å². The van der Waals surface area contributed by atoms with Gasteiger partial charge in [-0.15, -0.1) is 0 Å². The van der Waals surface area contributed by atoms with Gasteiger partial charge in [0.05, 0.1) is 11.2 Å². The summed E-state index contributed by atoms with van der Waals surface area (Å²) in [5, 5.41) is 10.5. The van der Waals surface area contributed by atoms with Gasteiger partial charge in [0, 0.05) is 6.42 Å². The van der Waals surface area contributed by atoms with E-state index in [9.17, 15) is 18.3 Å². The third kappa shape index (κ3) is 3.96. The van der Waals surface area contributed by atoms with Crippen LogP contribution in [0.3, 0.4) is 0 Å². The number of rotatable bonds is 2. The maximum absolute atomic E-state index is 12.5. The van der Waals surface area contributed by atoms with Gasteiger partial charge in [-0.05, 0) is 30.5 Å². The quantitative estimate of drug-likeness (QED) is 0.794. The minimum absolute atomic E-state index is 0.450. The average molecular weight is 272 g/mol. The lowest BCUT2D eigenvalue weighted by molar-refractivity contribution is -0.137. The van der Waals surface area contributed by atoms with Crippen LogP contribution in [-0.2, 0) is 12.6 Å². The average Bonchev–Trinajstić information content (AvgIpc) is 2.53. The predicted octanol–water partition coefficient (Wildman–Crippen LogP) is 4.33. The van der Waals surface area contributed by atoms with E-state index in [-0.39, 0.29) is 0 Å². The van der Waals surface area contributed by atoms with Crippen molar-refractivity contribution >= 4 is 0 Å². The summed E-state index contributed by atoms with van der Waals surface area (Å²) in [4.78, 5) is 0. The minimum atomic E-state index is -4.29. The van der Waals surface area contributed by atoms with Gasteiger partial charge in [-0.25, -0.2) is 0 Å². The van der Waals surface area contributed by atoms with Crippen LogP contribution < -0.4 is 0 Å². The first kappa shape index (κ1) is 14.4. The van der Waals surface area contributed by atoms with Crippen molar-refractivity contribution in [2.75, 3.05) is 0 Å². The Morgan fingerprint density at radius 2 is 1.47 bits per heavy atom. The van der Waals surface area contributed by atoms with Crippen molar-refractivity contribution in [1.29, 1.82) is 0 Å². The Morgan fingerprint density at radius 3 is 1.95 bits per heavy atom. The van der Waals surface area contributed by atoms with Crippen molar-refractivity contribution in [2.24, 2.45) is 0 Å². The zero-order valence-electron chi connectivity index (χ0n) is 10.8. The van der Waals surface area contributed by atoms with Crippen LogP contribution in [0.2, 0.25) is 0 Å². The van der Waals surface area contributed by atoms with Crippen molar-refractivity contribution in [3.05, 3.63) is 35.4 Å². The lowest BCUT2D eigenvalue weighted by Crippen LogP contribution is -2.30. The molecule has 0 amide bonds. The van der Waals surface area contributed by atoms with Crippen LogP contribution >= 0.6 is 0 Å². The van der Waals surface area contributed by atoms with Gasteiger partial charge in [0.2, 0.25) is 0 Å². The molecule has 0 aromatic heterocycles. The number of benzene rings is 1. The summed E-state index contributed by atoms with van der Waals surface area (Å²) in [7, 11) is 0. The highest BCUT2D eigenvalue weighted by Crippen LogP contribution is 2.32. The molecule has 2 rings (SSSR count). The van der Waals surface area contributed by atoms with Gasteiger partial charge in [0.25, 0.3) is 0 Å². The largest absolute Gasteiger partial charge is 0.416 e. The van der Waals surface area contributed by atoms with E-state index in [0.29, 0.717) is 6.42 Å². The maximum Gasteiger partial charge on any atom is 0.416 e. The molecule has 1 aliphatic carbocycles. The molecule has 1 nitrogen and oxygen atoms in total. The van der Waals surface area contributed by atoms with Gasteiger partial charge in [0.15, 0.2) is 0 Å². The molecule has 106 valence electrons. The molecule has 1 aliphatic rings. The van der Waals surface area contributed by atoms with Crippen molar-refractivity contribution in [2.45, 2.75) is 56.7 Å². The molecule has 0 heterocycles. The molecular weight excluding hydrogens is 253 g/mol. The zero-order chi connectivity index (χ0) is 13.9. The van der Waals surface area contributed by atoms with Crippen molar-refractivity contribution in [3.63, 3.8) is 0 Å². The zero-order valence-corrected chi connectivity index (χ0v) is 10.8. The van der Waals surface area contributed by atoms with E-state index in [2.05, 4.69) is 0 Å². The normalized spacial score (nSPS) is 20.0. The Labute approximate surface area is 111 Å². The minimum Gasteiger partial charge on any atom is -0.390 e. The molecule has 0 saturated heterocycles. The molecule has 0 spiro atoms. The molecular formula is C15H19F3O. The predicted molar refractivity (Wildman–Crippen MR) is 67.8 cm³/mol. The second-order valence-electron chi connectivity index (χ2n) is 5.51. The second kappa shape index (κ2) is 5.53. The smallest absolute Gasteiger partial charge is 0.390 e. The molecule has 0 atom stereocenters. The fourth-order valence-corrected chi connectivity index (χ4v) is 2.75. The molecule has 1 N–H and O–H groups in total. The third-order valence-corrected chi connectivity index (χ3v) is 3.85. The van der Waals surface area contributed by atoms with Crippen molar-refractivity contribution in [1.82, 2.24) is 0 Å². The van der Waals surface area contributed by atoms with Crippen LogP contribution in [0.1, 0.15) is 49.7 Å². The summed E-state index contributed by atoms with van der Waals surface area (Å²) in [5.41, 5.74) is -0.600. The molecule has 1 aromatic carbocycles. The third-order valence-electron chi connectivity index (χ3n) is 3.85. The lowest BCUT2D eigenvalue weighted by atomic mass is 9.87. The molecule has 1 saturated carbocycles. The first-order valence-electron chi connectivity index (χ1n) is 6.78. The summed E-state index contributed by atoms with van der Waals surface area (Å²) < 4.78 is 37.4. The fourth-order valence-electron chi connectivity index (χ4n) is 2.75. The Bertz CT molecular complexity index is 400. The summed E-state index contributed by atoms with van der Waals surface area (Å²) in [6.45, 7) is 0. The van der Waals surface area contributed by atoms with Gasteiger partial charge in [-0.1, -0.05) is 37.8 Å². The van der Waals surface area contributed by atoms with Crippen LogP contribution in [0, 0.1) is 0 Å². The SMILES string of the molecule is OC1(Cc2ccc(C(F)(F)F)cc2)CCCCCC1. The molecule has 19 heavy (non-hydrogen) atoms. The van der Waals surface area contributed by atoms with E-state index in [4.69, 9.17) is 0 Å². The molecule has 0 bridgehead atoms. The van der Waals surface area contributed by atoms with Gasteiger partial charge in [0.1, 0.15) is 0 Å². The van der Waals surface area contributed by atoms with E-state index in [1.165, 1.54) is 12.1 Å². The van der Waals surface area contributed by atoms with Gasteiger partial charge >= 0.3 is 6.18 Å². The van der Waals surface area contributed by atoms with Gasteiger partial charge in [-0.2, -0.15) is 13.2 Å². The number of halogens is 3. The number of hydrogen-bond donors (Lipinski definition) is 1. The summed E-state index contributed by atoms with van der Waals surface area (Å²) in [6, 6.07) is 5.14. The number of alkyl halides is 3. The Kier molecular flexibility index (Phi) is 4.19. The molecule has 0 radical (unpaired) electrons. The molecule has 1 fully saturated rings. The number of hydrogen-bond acceptors (Lipinski definition) is 1. The van der Waals surface area contributed by atoms with Crippen LogP contribution in [0.5, 0.6) is 0 Å². The molecule has 1 aromatic rings. The highest BCUT2D eigenvalue weighted by atomic mass is 19.4. The van der Waals surface area contributed by atoms with Crippen LogP contribution in [0.15, 0.2) is 24.3 Å². The Hall–Kier alpha value is -1.03. The topological polar surface area (TPSA) is 20.2 Å². The van der Waals surface area contributed by atoms with Crippen LogP contribution in [-0.4, -0.2) is 10.7 Å². The fraction of sp³-hybridized carbons (Fsp3) is 0.600. The van der Waals surface area contributed by atoms with Crippen LogP contribution in [0.25, 0.3) is 0 Å². The van der Waals surface area contributed by atoms with E-state index >= 15 is 0 Å². The monoisotopic (exact) mass is 272 g/mol. The first-order valence-corrected chi connectivity index (χ1v) is 6.78. The van der Waals surface area contributed by atoms with Gasteiger partial charge in [-0.3, -0.25) is 0 Å². The lowest BCUT2D eigenvalue weighted by Gasteiger charge is -2.26. The molecule has 4 heteroatoms. The summed E-state index contributed by atoms with van der Waals surface area (Å²) >= 11 is 0. The maximum atomic E-state index is 12.5. The van der Waals surface area contributed by atoms with E-state index in [1.54, 1.807) is 0 Å². The van der Waals surface area contributed by atoms with E-state index < -0.39 is 17.3 Å². The second-order valence-corrected chi connectivity index (χ2v) is 5.51. The first-order chi connectivity index (χ1) is 8.89. The highest BCUT2D eigenvalue weighted by Gasteiger charge is 2.31. The Balaban J connectivity index is 2.06.